The van der Waals surface area contributed by atoms with E-state index >= 15 is 0 Å². The number of hydrogen-bond acceptors (Lipinski definition) is 1. The van der Waals surface area contributed by atoms with E-state index < -0.39 is 5.41 Å². The van der Waals surface area contributed by atoms with Crippen molar-refractivity contribution >= 4 is 62.0 Å². The Morgan fingerprint density at radius 3 is 1.17 bits per heavy atom. The Bertz CT molecular complexity index is 4790. The SMILES string of the molecule is CC(C)(C)c1cc(-c2ccc3c(c2)N(c2c(-c4ccccc4)cccc2-c2ccccc2)c2cc(-n4c5ccccc5c5ccccc54)cc4c2B3c2ccc(-c3cc(C(C)(C)C)cc(C(C)(C)C)c3)cc2C4(c2ccccc2)c2ccccc2)cc(C(C)(C)C)c1. The number of aromatic nitrogens is 1. The van der Waals surface area contributed by atoms with Crippen molar-refractivity contribution in [3.8, 4) is 50.2 Å². The maximum absolute atomic E-state index is 2.72. The summed E-state index contributed by atoms with van der Waals surface area (Å²) in [6, 6.07) is 105. The van der Waals surface area contributed by atoms with Gasteiger partial charge in [0.05, 0.1) is 22.1 Å². The van der Waals surface area contributed by atoms with Gasteiger partial charge in [-0.05, 0) is 141 Å². The molecular weight excluding hydrogens is 1110 g/mol. The van der Waals surface area contributed by atoms with Crippen LogP contribution in [0.4, 0.5) is 17.1 Å². The molecule has 0 atom stereocenters. The van der Waals surface area contributed by atoms with Gasteiger partial charge in [0, 0.05) is 39.0 Å². The average molecular weight is 1190 g/mol. The monoisotopic (exact) mass is 1190 g/mol. The van der Waals surface area contributed by atoms with E-state index in [-0.39, 0.29) is 28.4 Å². The van der Waals surface area contributed by atoms with Gasteiger partial charge in [-0.15, -0.1) is 0 Å². The Balaban J connectivity index is 1.16. The van der Waals surface area contributed by atoms with Crippen molar-refractivity contribution in [2.24, 2.45) is 0 Å². The predicted molar refractivity (Wildman–Crippen MR) is 395 cm³/mol. The number of benzene rings is 12. The van der Waals surface area contributed by atoms with Crippen LogP contribution in [0, 0.1) is 0 Å². The zero-order valence-electron chi connectivity index (χ0n) is 55.5. The van der Waals surface area contributed by atoms with Crippen LogP contribution in [0.2, 0.25) is 0 Å². The predicted octanol–water partition coefficient (Wildman–Crippen LogP) is 21.6. The molecule has 0 radical (unpaired) electrons. The first-order valence-corrected chi connectivity index (χ1v) is 33.1. The highest BCUT2D eigenvalue weighted by molar-refractivity contribution is 6.99. The maximum atomic E-state index is 2.72. The van der Waals surface area contributed by atoms with Crippen molar-refractivity contribution < 1.29 is 0 Å². The van der Waals surface area contributed by atoms with Crippen LogP contribution in [0.5, 0.6) is 0 Å². The number of fused-ring (bicyclic) bond motifs is 7. The fourth-order valence-corrected chi connectivity index (χ4v) is 15.2. The van der Waals surface area contributed by atoms with Crippen molar-refractivity contribution in [2.45, 2.75) is 110 Å². The Morgan fingerprint density at radius 1 is 0.304 bits per heavy atom. The van der Waals surface area contributed by atoms with Crippen molar-refractivity contribution in [3.63, 3.8) is 0 Å². The van der Waals surface area contributed by atoms with Gasteiger partial charge in [-0.3, -0.25) is 0 Å². The van der Waals surface area contributed by atoms with E-state index in [9.17, 15) is 0 Å². The molecule has 3 heteroatoms. The summed E-state index contributed by atoms with van der Waals surface area (Å²) < 4.78 is 2.56. The number of hydrogen-bond donors (Lipinski definition) is 0. The third-order valence-electron chi connectivity index (χ3n) is 20.1. The van der Waals surface area contributed by atoms with E-state index in [2.05, 4.69) is 366 Å². The fourth-order valence-electron chi connectivity index (χ4n) is 15.2. The Morgan fingerprint density at radius 2 is 0.717 bits per heavy atom. The smallest absolute Gasteiger partial charge is 0.247 e. The summed E-state index contributed by atoms with van der Waals surface area (Å²) in [5.74, 6) is 0. The Labute approximate surface area is 546 Å². The maximum Gasteiger partial charge on any atom is 0.247 e. The molecule has 0 bridgehead atoms. The van der Waals surface area contributed by atoms with E-state index in [1.165, 1.54) is 111 Å². The first-order chi connectivity index (χ1) is 44.2. The minimum atomic E-state index is -0.835. The van der Waals surface area contributed by atoms with Gasteiger partial charge >= 0.3 is 0 Å². The Kier molecular flexibility index (Phi) is 13.9. The average Bonchev–Trinajstić information content (AvgIpc) is 0.827. The van der Waals surface area contributed by atoms with Gasteiger partial charge in [0.15, 0.2) is 0 Å². The van der Waals surface area contributed by atoms with Crippen LogP contribution in [-0.4, -0.2) is 11.3 Å². The first-order valence-electron chi connectivity index (χ1n) is 33.1. The summed E-state index contributed by atoms with van der Waals surface area (Å²) in [6.07, 6.45) is 0. The molecule has 0 amide bonds. The summed E-state index contributed by atoms with van der Waals surface area (Å²) in [6.45, 7) is 28.0. The second kappa shape index (κ2) is 21.7. The topological polar surface area (TPSA) is 8.17 Å². The van der Waals surface area contributed by atoms with E-state index in [4.69, 9.17) is 0 Å². The first kappa shape index (κ1) is 58.7. The lowest BCUT2D eigenvalue weighted by Gasteiger charge is -2.49. The minimum absolute atomic E-state index is 0.0704. The molecule has 0 saturated heterocycles. The lowest BCUT2D eigenvalue weighted by atomic mass is 9.29. The van der Waals surface area contributed by atoms with Gasteiger partial charge in [0.2, 0.25) is 6.71 Å². The van der Waals surface area contributed by atoms with Crippen LogP contribution in [-0.2, 0) is 27.1 Å². The molecule has 3 heterocycles. The lowest BCUT2D eigenvalue weighted by Crippen LogP contribution is -2.65. The summed E-state index contributed by atoms with van der Waals surface area (Å²) >= 11 is 0. The molecule has 0 aliphatic carbocycles. The Hall–Kier alpha value is -9.70. The molecular formula is C89H81BN2. The summed E-state index contributed by atoms with van der Waals surface area (Å²) in [4.78, 5) is 2.72. The molecule has 1 aromatic heterocycles. The molecule has 2 nitrogen and oxygen atoms in total. The third kappa shape index (κ3) is 9.69. The van der Waals surface area contributed by atoms with Gasteiger partial charge in [0.25, 0.3) is 0 Å². The van der Waals surface area contributed by atoms with E-state index in [1.54, 1.807) is 0 Å². The van der Waals surface area contributed by atoms with Crippen LogP contribution < -0.4 is 21.3 Å². The molecule has 13 aromatic rings. The van der Waals surface area contributed by atoms with Crippen molar-refractivity contribution in [1.82, 2.24) is 4.57 Å². The van der Waals surface area contributed by atoms with Crippen LogP contribution in [0.1, 0.15) is 128 Å². The second-order valence-electron chi connectivity index (χ2n) is 30.2. The van der Waals surface area contributed by atoms with Gasteiger partial charge in [0.1, 0.15) is 0 Å². The van der Waals surface area contributed by atoms with Gasteiger partial charge < -0.3 is 9.47 Å². The third-order valence-corrected chi connectivity index (χ3v) is 20.1. The summed E-state index contributed by atoms with van der Waals surface area (Å²) in [5, 5.41) is 2.46. The standard InChI is InChI=1S/C89H81BN2/c1-85(2,3)66-48-62(49-67(54-66)86(4,5)6)60-44-46-77-75(52-60)89(64-34-21-15-22-35-64,65-36-23-16-24-37-65)76-56-70(91-79-42-27-25-38-73(79)74-39-26-28-43-80(74)91)57-82-83(76)90(77)78-47-45-61(63-50-68(87(7,8)9)55-69(51-63)88(10,11)12)53-81(78)92(82)84-71(58-30-17-13-18-31-58)40-29-41-72(84)59-32-19-14-20-33-59/h13-57H,1-12H3. The quantitative estimate of drug-likeness (QED) is 0.138. The van der Waals surface area contributed by atoms with Crippen molar-refractivity contribution in [1.29, 1.82) is 0 Å². The number of rotatable bonds is 8. The highest BCUT2D eigenvalue weighted by atomic mass is 15.2. The van der Waals surface area contributed by atoms with Crippen LogP contribution in [0.25, 0.3) is 72.0 Å². The van der Waals surface area contributed by atoms with E-state index in [0.717, 1.165) is 39.3 Å². The molecule has 92 heavy (non-hydrogen) atoms. The van der Waals surface area contributed by atoms with Crippen LogP contribution in [0.15, 0.2) is 273 Å². The molecule has 0 spiro atoms. The largest absolute Gasteiger partial charge is 0.310 e. The lowest BCUT2D eigenvalue weighted by molar-refractivity contribution is 0.568. The van der Waals surface area contributed by atoms with Gasteiger partial charge in [-0.2, -0.15) is 0 Å². The fraction of sp³-hybridized carbons (Fsp3) is 0.191. The normalized spacial score (nSPS) is 13.7. The highest BCUT2D eigenvalue weighted by Gasteiger charge is 2.52. The van der Waals surface area contributed by atoms with Gasteiger partial charge in [-0.1, -0.05) is 331 Å². The molecule has 15 rings (SSSR count). The molecule has 12 aromatic carbocycles. The highest BCUT2D eigenvalue weighted by Crippen LogP contribution is 2.54. The number of para-hydroxylation sites is 3. The molecule has 0 fully saturated rings. The van der Waals surface area contributed by atoms with Crippen LogP contribution in [0.3, 0.4) is 0 Å². The van der Waals surface area contributed by atoms with Crippen LogP contribution >= 0.6 is 0 Å². The minimum Gasteiger partial charge on any atom is -0.310 e. The van der Waals surface area contributed by atoms with E-state index in [0.29, 0.717) is 0 Å². The zero-order valence-corrected chi connectivity index (χ0v) is 55.5. The number of anilines is 3. The second-order valence-corrected chi connectivity index (χ2v) is 30.2. The molecule has 2 aliphatic rings. The van der Waals surface area contributed by atoms with Crippen molar-refractivity contribution in [2.75, 3.05) is 4.90 Å². The summed E-state index contributed by atoms with van der Waals surface area (Å²) in [7, 11) is 0. The molecule has 450 valence electrons. The number of nitrogens with zero attached hydrogens (tertiary/aromatic N) is 2. The molecule has 0 saturated carbocycles. The molecule has 2 aliphatic heterocycles. The molecule has 0 N–H and O–H groups in total. The zero-order chi connectivity index (χ0) is 63.6. The van der Waals surface area contributed by atoms with E-state index in [1.807, 2.05) is 0 Å². The van der Waals surface area contributed by atoms with Gasteiger partial charge in [-0.25, -0.2) is 0 Å². The summed E-state index contributed by atoms with van der Waals surface area (Å²) in [5.41, 5.74) is 29.5. The van der Waals surface area contributed by atoms with Crippen molar-refractivity contribution in [3.05, 3.63) is 317 Å². The molecule has 0 unspecified atom stereocenters.